The second-order valence-corrected chi connectivity index (χ2v) is 14.3. The molecule has 0 spiro atoms. The summed E-state index contributed by atoms with van der Waals surface area (Å²) in [4.78, 5) is 0. The zero-order chi connectivity index (χ0) is 13.0. The van der Waals surface area contributed by atoms with Crippen molar-refractivity contribution >= 4 is 15.7 Å². The second kappa shape index (κ2) is 11.4. The minimum absolute atomic E-state index is 0.440. The van der Waals surface area contributed by atoms with Gasteiger partial charge in [-0.05, 0) is 6.04 Å². The summed E-state index contributed by atoms with van der Waals surface area (Å²) in [7, 11) is -0.911. The molecule has 0 amide bonds. The Kier molecular flexibility index (Phi) is 11.6. The van der Waals surface area contributed by atoms with E-state index in [1.165, 1.54) is 70.3 Å². The van der Waals surface area contributed by atoms with Gasteiger partial charge in [-0.25, -0.2) is 0 Å². The minimum atomic E-state index is -1.35. The maximum absolute atomic E-state index is 10.9. The largest absolute Gasteiger partial charge is 0.282 e. The van der Waals surface area contributed by atoms with E-state index in [-0.39, 0.29) is 0 Å². The highest BCUT2D eigenvalue weighted by Gasteiger charge is 2.20. The molecule has 1 nitrogen and oxygen atoms in total. The van der Waals surface area contributed by atoms with Crippen LogP contribution in [-0.4, -0.2) is 7.74 Å². The summed E-state index contributed by atoms with van der Waals surface area (Å²) in [6.07, 6.45) is 13.9. The van der Waals surface area contributed by atoms with Crippen LogP contribution in [0.15, 0.2) is 0 Å². The van der Waals surface area contributed by atoms with Crippen LogP contribution in [0.5, 0.6) is 0 Å². The molecule has 0 aliphatic carbocycles. The van der Waals surface area contributed by atoms with Crippen molar-refractivity contribution in [2.45, 2.75) is 90.3 Å². The molecule has 0 aliphatic rings. The number of rotatable bonds is 12. The monoisotopic (exact) mass is 274 g/mol. The fraction of sp³-hybridized carbons (Fsp3) is 1.00. The quantitative estimate of drug-likeness (QED) is 0.228. The van der Waals surface area contributed by atoms with Crippen LogP contribution < -0.4 is 0 Å². The highest BCUT2D eigenvalue weighted by atomic mass is 31.3. The molecule has 0 bridgehead atoms. The van der Waals surface area contributed by atoms with E-state index in [1.807, 2.05) is 0 Å². The first-order valence-electron chi connectivity index (χ1n) is 7.47. The lowest BCUT2D eigenvalue weighted by Crippen LogP contribution is -2.15. The van der Waals surface area contributed by atoms with Gasteiger partial charge in [0.1, 0.15) is 8.01 Å². The fourth-order valence-corrected chi connectivity index (χ4v) is 4.05. The smallest absolute Gasteiger partial charge is 0.158 e. The molecule has 0 unspecified atom stereocenters. The van der Waals surface area contributed by atoms with Gasteiger partial charge in [-0.3, -0.25) is 4.57 Å². The van der Waals surface area contributed by atoms with Crippen LogP contribution >= 0.6 is 8.01 Å². The normalized spacial score (nSPS) is 12.2. The van der Waals surface area contributed by atoms with Gasteiger partial charge in [0.15, 0.2) is 7.74 Å². The van der Waals surface area contributed by atoms with Crippen molar-refractivity contribution < 1.29 is 4.57 Å². The lowest BCUT2D eigenvalue weighted by molar-refractivity contribution is 0.561. The summed E-state index contributed by atoms with van der Waals surface area (Å²) in [6.45, 7) is 6.71. The van der Waals surface area contributed by atoms with Crippen molar-refractivity contribution in [3.8, 4) is 0 Å². The molecular formula is C14H31OPSi. The summed E-state index contributed by atoms with van der Waals surface area (Å²) in [5, 5.41) is 0. The molecule has 0 aromatic carbocycles. The predicted molar refractivity (Wildman–Crippen MR) is 81.7 cm³/mol. The Labute approximate surface area is 111 Å². The second-order valence-electron chi connectivity index (χ2n) is 5.84. The van der Waals surface area contributed by atoms with Gasteiger partial charge in [0.2, 0.25) is 0 Å². The number of hydrogen-bond acceptors (Lipinski definition) is 1. The summed E-state index contributed by atoms with van der Waals surface area (Å²) >= 11 is 0. The first-order valence-corrected chi connectivity index (χ1v) is 12.3. The summed E-state index contributed by atoms with van der Waals surface area (Å²) in [5.41, 5.74) is 0. The van der Waals surface area contributed by atoms with Gasteiger partial charge in [0.25, 0.3) is 0 Å². The summed E-state index contributed by atoms with van der Waals surface area (Å²) < 4.78 is 10.9. The molecule has 0 aromatic heterocycles. The first kappa shape index (κ1) is 17.3. The molecule has 0 aliphatic heterocycles. The van der Waals surface area contributed by atoms with Gasteiger partial charge in [-0.2, -0.15) is 0 Å². The van der Waals surface area contributed by atoms with Gasteiger partial charge in [0.05, 0.1) is 0 Å². The third-order valence-corrected chi connectivity index (χ3v) is 7.61. The average molecular weight is 274 g/mol. The lowest BCUT2D eigenvalue weighted by atomic mass is 10.1. The Bertz CT molecular complexity index is 183. The third kappa shape index (κ3) is 12.6. The van der Waals surface area contributed by atoms with Crippen LogP contribution in [0, 0.1) is 0 Å². The van der Waals surface area contributed by atoms with Crippen molar-refractivity contribution in [1.82, 2.24) is 0 Å². The summed E-state index contributed by atoms with van der Waals surface area (Å²) in [6, 6.07) is 1.23. The minimum Gasteiger partial charge on any atom is -0.282 e. The van der Waals surface area contributed by atoms with Gasteiger partial charge in [-0.1, -0.05) is 84.2 Å². The third-order valence-electron chi connectivity index (χ3n) is 3.39. The molecule has 0 saturated carbocycles. The molecule has 0 saturated heterocycles. The van der Waals surface area contributed by atoms with Gasteiger partial charge in [0, 0.05) is 0 Å². The van der Waals surface area contributed by atoms with E-state index in [0.29, 0.717) is 8.01 Å². The van der Waals surface area contributed by atoms with Crippen LogP contribution in [0.2, 0.25) is 19.1 Å². The molecule has 0 rings (SSSR count). The van der Waals surface area contributed by atoms with Crippen molar-refractivity contribution in [3.05, 3.63) is 0 Å². The molecular weight excluding hydrogens is 243 g/mol. The van der Waals surface area contributed by atoms with E-state index in [1.54, 1.807) is 0 Å². The van der Waals surface area contributed by atoms with E-state index in [9.17, 15) is 4.57 Å². The maximum Gasteiger partial charge on any atom is 0.158 e. The molecule has 0 atom stereocenters. The van der Waals surface area contributed by atoms with E-state index in [0.717, 1.165) is 0 Å². The van der Waals surface area contributed by atoms with E-state index < -0.39 is 7.74 Å². The molecule has 0 heterocycles. The van der Waals surface area contributed by atoms with E-state index >= 15 is 0 Å². The van der Waals surface area contributed by atoms with Crippen molar-refractivity contribution in [1.29, 1.82) is 0 Å². The standard InChI is InChI=1S/C14H31OPSi/c1-4-5-6-7-8-9-10-11-12-13-14-17(2,3)16-15/h4-14H2,1-3H3. The van der Waals surface area contributed by atoms with Gasteiger partial charge >= 0.3 is 0 Å². The highest BCUT2D eigenvalue weighted by molar-refractivity contribution is 7.72. The predicted octanol–water partition coefficient (Wildman–Crippen LogP) is 6.40. The van der Waals surface area contributed by atoms with Crippen molar-refractivity contribution in [3.63, 3.8) is 0 Å². The lowest BCUT2D eigenvalue weighted by Gasteiger charge is -2.11. The zero-order valence-electron chi connectivity index (χ0n) is 12.1. The van der Waals surface area contributed by atoms with Crippen LogP contribution in [0.25, 0.3) is 0 Å². The number of hydrogen-bond donors (Lipinski definition) is 0. The average Bonchev–Trinajstić information content (AvgIpc) is 2.31. The van der Waals surface area contributed by atoms with Crippen LogP contribution in [0.4, 0.5) is 0 Å². The molecule has 102 valence electrons. The topological polar surface area (TPSA) is 17.1 Å². The van der Waals surface area contributed by atoms with E-state index in [2.05, 4.69) is 20.0 Å². The molecule has 3 heteroatoms. The molecule has 0 radical (unpaired) electrons. The van der Waals surface area contributed by atoms with E-state index in [4.69, 9.17) is 0 Å². The van der Waals surface area contributed by atoms with Crippen molar-refractivity contribution in [2.24, 2.45) is 0 Å². The maximum atomic E-state index is 10.9. The fourth-order valence-electron chi connectivity index (χ4n) is 2.09. The Balaban J connectivity index is 3.11. The molecule has 0 fully saturated rings. The zero-order valence-corrected chi connectivity index (χ0v) is 14.0. The summed E-state index contributed by atoms with van der Waals surface area (Å²) in [5.74, 6) is 0. The van der Waals surface area contributed by atoms with Crippen LogP contribution in [-0.2, 0) is 4.57 Å². The first-order chi connectivity index (χ1) is 8.12. The molecule has 0 aromatic rings. The van der Waals surface area contributed by atoms with Crippen LogP contribution in [0.1, 0.15) is 71.1 Å². The molecule has 0 N–H and O–H groups in total. The Morgan fingerprint density at radius 3 is 1.59 bits per heavy atom. The van der Waals surface area contributed by atoms with Gasteiger partial charge in [-0.15, -0.1) is 0 Å². The Hall–Kier alpha value is 0.317. The molecule has 17 heavy (non-hydrogen) atoms. The Morgan fingerprint density at radius 2 is 1.18 bits per heavy atom. The number of unbranched alkanes of at least 4 members (excludes halogenated alkanes) is 9. The van der Waals surface area contributed by atoms with Crippen molar-refractivity contribution in [2.75, 3.05) is 0 Å². The van der Waals surface area contributed by atoms with Crippen LogP contribution in [0.3, 0.4) is 0 Å². The Morgan fingerprint density at radius 1 is 0.765 bits per heavy atom. The highest BCUT2D eigenvalue weighted by Crippen LogP contribution is 2.25. The SMILES string of the molecule is CCCCCCCCCCCC[Si](C)(C)P=O. The van der Waals surface area contributed by atoms with Gasteiger partial charge < -0.3 is 0 Å².